The molecule has 2 aliphatic rings. The SMILES string of the molecule is CC(C)c1ncncc1-c1cc(F)ccc1Oc1cncnc1N1CC2(CN(C(=O)Cc3ccc(C#N)cc3)C2)C1. The molecule has 4 aromatic rings. The van der Waals surface area contributed by atoms with Gasteiger partial charge in [-0.15, -0.1) is 0 Å². The number of nitrogens with zero attached hydrogens (tertiary/aromatic N) is 7. The van der Waals surface area contributed by atoms with Gasteiger partial charge in [0.1, 0.15) is 24.2 Å². The minimum absolute atomic E-state index is 0.0249. The molecule has 2 fully saturated rings. The number of nitriles is 1. The van der Waals surface area contributed by atoms with Crippen LogP contribution in [0.1, 0.15) is 36.6 Å². The molecule has 1 amide bonds. The number of halogens is 1. The zero-order valence-corrected chi connectivity index (χ0v) is 22.8. The lowest BCUT2D eigenvalue weighted by Gasteiger charge is -2.60. The predicted octanol–water partition coefficient (Wildman–Crippen LogP) is 4.75. The second-order valence-corrected chi connectivity index (χ2v) is 11.0. The Labute approximate surface area is 237 Å². The molecule has 0 bridgehead atoms. The van der Waals surface area contributed by atoms with E-state index in [4.69, 9.17) is 10.00 Å². The van der Waals surface area contributed by atoms with Crippen LogP contribution in [0.15, 0.2) is 67.5 Å². The molecule has 2 saturated heterocycles. The fourth-order valence-electron chi connectivity index (χ4n) is 5.58. The fourth-order valence-corrected chi connectivity index (χ4v) is 5.58. The van der Waals surface area contributed by atoms with E-state index in [0.717, 1.165) is 24.3 Å². The molecule has 2 aliphatic heterocycles. The quantitative estimate of drug-likeness (QED) is 0.325. The van der Waals surface area contributed by atoms with E-state index < -0.39 is 0 Å². The van der Waals surface area contributed by atoms with Crippen molar-refractivity contribution in [1.29, 1.82) is 5.26 Å². The van der Waals surface area contributed by atoms with Crippen molar-refractivity contribution in [2.45, 2.75) is 26.2 Å². The van der Waals surface area contributed by atoms with Gasteiger partial charge >= 0.3 is 0 Å². The molecule has 0 atom stereocenters. The maximum Gasteiger partial charge on any atom is 0.227 e. The summed E-state index contributed by atoms with van der Waals surface area (Å²) in [4.78, 5) is 34.1. The van der Waals surface area contributed by atoms with Crippen molar-refractivity contribution in [2.24, 2.45) is 5.41 Å². The van der Waals surface area contributed by atoms with E-state index in [1.807, 2.05) is 30.9 Å². The minimum atomic E-state index is -0.386. The van der Waals surface area contributed by atoms with E-state index in [9.17, 15) is 9.18 Å². The van der Waals surface area contributed by atoms with E-state index in [1.165, 1.54) is 24.8 Å². The van der Waals surface area contributed by atoms with E-state index >= 15 is 0 Å². The van der Waals surface area contributed by atoms with Gasteiger partial charge in [0, 0.05) is 48.9 Å². The molecule has 0 aliphatic carbocycles. The maximum absolute atomic E-state index is 14.4. The minimum Gasteiger partial charge on any atom is -0.451 e. The molecule has 1 spiro atoms. The molecule has 0 unspecified atom stereocenters. The molecule has 0 N–H and O–H groups in total. The van der Waals surface area contributed by atoms with Crippen molar-refractivity contribution in [3.8, 4) is 28.7 Å². The highest BCUT2D eigenvalue weighted by Crippen LogP contribution is 2.45. The second kappa shape index (κ2) is 10.6. The number of hydrogen-bond acceptors (Lipinski definition) is 8. The summed E-state index contributed by atoms with van der Waals surface area (Å²) in [6.45, 7) is 6.90. The molecule has 206 valence electrons. The summed E-state index contributed by atoms with van der Waals surface area (Å²) < 4.78 is 20.7. The zero-order valence-electron chi connectivity index (χ0n) is 22.8. The Morgan fingerprint density at radius 1 is 1.00 bits per heavy atom. The molecule has 6 rings (SSSR count). The van der Waals surface area contributed by atoms with E-state index in [0.29, 0.717) is 53.5 Å². The smallest absolute Gasteiger partial charge is 0.227 e. The number of rotatable bonds is 7. The van der Waals surface area contributed by atoms with Crippen LogP contribution in [0.3, 0.4) is 0 Å². The van der Waals surface area contributed by atoms with E-state index in [1.54, 1.807) is 30.6 Å². The second-order valence-electron chi connectivity index (χ2n) is 11.0. The Kier molecular flexibility index (Phi) is 6.79. The maximum atomic E-state index is 14.4. The third kappa shape index (κ3) is 5.18. The normalized spacial score (nSPS) is 15.3. The first-order chi connectivity index (χ1) is 19.8. The molecule has 2 aromatic carbocycles. The van der Waals surface area contributed by atoms with E-state index in [2.05, 4.69) is 30.9 Å². The van der Waals surface area contributed by atoms with Gasteiger partial charge in [0.2, 0.25) is 5.91 Å². The summed E-state index contributed by atoms with van der Waals surface area (Å²) in [6, 6.07) is 13.6. The average Bonchev–Trinajstić information content (AvgIpc) is 2.93. The van der Waals surface area contributed by atoms with Gasteiger partial charge < -0.3 is 14.5 Å². The van der Waals surface area contributed by atoms with E-state index in [-0.39, 0.29) is 23.1 Å². The number of amides is 1. The highest BCUT2D eigenvalue weighted by molar-refractivity contribution is 5.80. The molecule has 9 nitrogen and oxygen atoms in total. The van der Waals surface area contributed by atoms with Crippen molar-refractivity contribution in [1.82, 2.24) is 24.8 Å². The van der Waals surface area contributed by atoms with Crippen molar-refractivity contribution in [2.75, 3.05) is 31.1 Å². The number of aromatic nitrogens is 4. The van der Waals surface area contributed by atoms with Gasteiger partial charge in [-0.1, -0.05) is 26.0 Å². The molecule has 0 radical (unpaired) electrons. The Morgan fingerprint density at radius 2 is 1.73 bits per heavy atom. The zero-order chi connectivity index (χ0) is 28.6. The lowest BCUT2D eigenvalue weighted by Crippen LogP contribution is -2.73. The summed E-state index contributed by atoms with van der Waals surface area (Å²) in [6.07, 6.45) is 6.58. The standard InChI is InChI=1S/C31H28FN7O2/c1-20(2)29-25(12-34-18-36-29)24-10-23(32)7-8-26(24)41-27-13-35-19-37-30(27)39-16-31(17-39)14-38(15-31)28(40)9-21-3-5-22(11-33)6-4-21/h3-8,10,12-13,18-20H,9,14-17H2,1-2H3. The highest BCUT2D eigenvalue weighted by atomic mass is 19.1. The highest BCUT2D eigenvalue weighted by Gasteiger charge is 2.53. The van der Waals surface area contributed by atoms with Crippen molar-refractivity contribution >= 4 is 11.7 Å². The fraction of sp³-hybridized carbons (Fsp3) is 0.290. The van der Waals surface area contributed by atoms with Crippen LogP contribution in [0.5, 0.6) is 11.5 Å². The van der Waals surface area contributed by atoms with Crippen molar-refractivity contribution in [3.05, 3.63) is 90.2 Å². The average molecular weight is 550 g/mol. The number of ether oxygens (including phenoxy) is 1. The summed E-state index contributed by atoms with van der Waals surface area (Å²) in [5.41, 5.74) is 3.57. The van der Waals surface area contributed by atoms with Gasteiger partial charge in [-0.2, -0.15) is 5.26 Å². The topological polar surface area (TPSA) is 108 Å². The van der Waals surface area contributed by atoms with Crippen LogP contribution in [0.2, 0.25) is 0 Å². The molecule has 41 heavy (non-hydrogen) atoms. The Bertz CT molecular complexity index is 1640. The van der Waals surface area contributed by atoms with Crippen LogP contribution in [0, 0.1) is 22.6 Å². The third-order valence-corrected chi connectivity index (χ3v) is 7.60. The first-order valence-electron chi connectivity index (χ1n) is 13.4. The van der Waals surface area contributed by atoms with Crippen LogP contribution in [-0.4, -0.2) is 56.9 Å². The number of carbonyl (C=O) groups is 1. The van der Waals surface area contributed by atoms with Gasteiger partial charge in [0.15, 0.2) is 11.6 Å². The first-order valence-corrected chi connectivity index (χ1v) is 13.4. The first kappa shape index (κ1) is 26.3. The number of anilines is 1. The van der Waals surface area contributed by atoms with Crippen molar-refractivity contribution < 1.29 is 13.9 Å². The molecule has 4 heterocycles. The molecule has 2 aromatic heterocycles. The van der Waals surface area contributed by atoms with Gasteiger partial charge in [-0.3, -0.25) is 4.79 Å². The Morgan fingerprint density at radius 3 is 2.46 bits per heavy atom. The lowest BCUT2D eigenvalue weighted by atomic mass is 9.72. The van der Waals surface area contributed by atoms with Crippen LogP contribution in [0.4, 0.5) is 10.2 Å². The van der Waals surface area contributed by atoms with Crippen molar-refractivity contribution in [3.63, 3.8) is 0 Å². The van der Waals surface area contributed by atoms with Crippen LogP contribution < -0.4 is 9.64 Å². The number of hydrogen-bond donors (Lipinski definition) is 0. The molecule has 0 saturated carbocycles. The van der Waals surface area contributed by atoms with Crippen LogP contribution >= 0.6 is 0 Å². The van der Waals surface area contributed by atoms with Crippen LogP contribution in [0.25, 0.3) is 11.1 Å². The molecular weight excluding hydrogens is 521 g/mol. The Hall–Kier alpha value is -4.91. The third-order valence-electron chi connectivity index (χ3n) is 7.60. The molecule has 10 heteroatoms. The summed E-state index contributed by atoms with van der Waals surface area (Å²) in [5.74, 6) is 1.37. The lowest BCUT2D eigenvalue weighted by molar-refractivity contribution is -0.144. The Balaban J connectivity index is 1.14. The predicted molar refractivity (Wildman–Crippen MR) is 150 cm³/mol. The molecular formula is C31H28FN7O2. The van der Waals surface area contributed by atoms with Gasteiger partial charge in [-0.25, -0.2) is 24.3 Å². The van der Waals surface area contributed by atoms with Gasteiger partial charge in [0.25, 0.3) is 0 Å². The summed E-state index contributed by atoms with van der Waals surface area (Å²) in [7, 11) is 0. The van der Waals surface area contributed by atoms with Crippen LogP contribution in [-0.2, 0) is 11.2 Å². The van der Waals surface area contributed by atoms with Gasteiger partial charge in [0.05, 0.1) is 29.9 Å². The summed E-state index contributed by atoms with van der Waals surface area (Å²) >= 11 is 0. The van der Waals surface area contributed by atoms with Gasteiger partial charge in [-0.05, 0) is 41.8 Å². The number of likely N-dealkylation sites (tertiary alicyclic amines) is 1. The number of carbonyl (C=O) groups excluding carboxylic acids is 1. The monoisotopic (exact) mass is 549 g/mol. The summed E-state index contributed by atoms with van der Waals surface area (Å²) in [5, 5.41) is 8.97. The largest absolute Gasteiger partial charge is 0.451 e. The number of benzene rings is 2.